The van der Waals surface area contributed by atoms with E-state index in [0.717, 1.165) is 85.2 Å². The van der Waals surface area contributed by atoms with Crippen LogP contribution in [-0.2, 0) is 22.5 Å². The molecule has 0 atom stereocenters. The van der Waals surface area contributed by atoms with E-state index >= 15 is 0 Å². The molecule has 0 spiro atoms. The third-order valence-corrected chi connectivity index (χ3v) is 8.11. The largest absolute Gasteiger partial charge is 0.395 e. The summed E-state index contributed by atoms with van der Waals surface area (Å²) in [5, 5.41) is 11.6. The lowest BCUT2D eigenvalue weighted by atomic mass is 9.98. The standard InChI is InChI=1S/C33H36N4O2/c1-22-24-12-3-7-16-28(24)34-32-26(22)14-5-9-18-30(32)36-38-20-11-21-39-37-31-19-10-6-15-27-23(2)25-13-4-8-17-29(25)35-33(27)31/h3-4,7-8,12-13,16-17H,5-6,9-11,14-15,18-21H2,1-2H3. The molecule has 0 amide bonds. The monoisotopic (exact) mass is 520 g/mol. The topological polar surface area (TPSA) is 69.0 Å². The van der Waals surface area contributed by atoms with Crippen LogP contribution in [0.3, 0.4) is 0 Å². The third kappa shape index (κ3) is 5.25. The number of hydrogen-bond acceptors (Lipinski definition) is 6. The molecule has 6 nitrogen and oxygen atoms in total. The zero-order valence-electron chi connectivity index (χ0n) is 23.0. The highest BCUT2D eigenvalue weighted by atomic mass is 16.6. The molecule has 39 heavy (non-hydrogen) atoms. The van der Waals surface area contributed by atoms with Crippen molar-refractivity contribution in [2.45, 2.75) is 71.6 Å². The zero-order valence-corrected chi connectivity index (χ0v) is 23.0. The molecule has 0 bridgehead atoms. The fourth-order valence-corrected chi connectivity index (χ4v) is 5.96. The lowest BCUT2D eigenvalue weighted by Gasteiger charge is -2.13. The van der Waals surface area contributed by atoms with E-state index in [1.54, 1.807) is 0 Å². The molecule has 0 saturated heterocycles. The first-order valence-electron chi connectivity index (χ1n) is 14.4. The van der Waals surface area contributed by atoms with Gasteiger partial charge < -0.3 is 9.68 Å². The Bertz CT molecular complexity index is 1460. The van der Waals surface area contributed by atoms with E-state index in [9.17, 15) is 0 Å². The fraction of sp³-hybridized carbons (Fsp3) is 0.394. The summed E-state index contributed by atoms with van der Waals surface area (Å²) in [6.45, 7) is 5.37. The van der Waals surface area contributed by atoms with Crippen LogP contribution in [0.2, 0.25) is 0 Å². The van der Waals surface area contributed by atoms with E-state index in [2.05, 4.69) is 60.6 Å². The van der Waals surface area contributed by atoms with Crippen LogP contribution in [-0.4, -0.2) is 34.6 Å². The van der Waals surface area contributed by atoms with Crippen LogP contribution in [0.4, 0.5) is 0 Å². The maximum absolute atomic E-state index is 5.78. The second-order valence-electron chi connectivity index (χ2n) is 10.7. The van der Waals surface area contributed by atoms with Crippen LogP contribution in [0.15, 0.2) is 58.8 Å². The number of para-hydroxylation sites is 2. The zero-order chi connectivity index (χ0) is 26.6. The van der Waals surface area contributed by atoms with Crippen LogP contribution in [0.25, 0.3) is 21.8 Å². The van der Waals surface area contributed by atoms with Crippen molar-refractivity contribution in [1.82, 2.24) is 9.97 Å². The van der Waals surface area contributed by atoms with Crippen LogP contribution in [0.5, 0.6) is 0 Å². The predicted molar refractivity (Wildman–Crippen MR) is 158 cm³/mol. The molecule has 6 rings (SSSR count). The number of aryl methyl sites for hydroxylation is 2. The first-order chi connectivity index (χ1) is 19.2. The summed E-state index contributed by atoms with van der Waals surface area (Å²) in [7, 11) is 0. The van der Waals surface area contributed by atoms with Gasteiger partial charge in [-0.05, 0) is 99.6 Å². The molecule has 0 fully saturated rings. The van der Waals surface area contributed by atoms with E-state index in [1.165, 1.54) is 33.0 Å². The predicted octanol–water partition coefficient (Wildman–Crippen LogP) is 7.38. The lowest BCUT2D eigenvalue weighted by molar-refractivity contribution is 0.0896. The van der Waals surface area contributed by atoms with Gasteiger partial charge in [-0.25, -0.2) is 9.97 Å². The number of rotatable bonds is 6. The smallest absolute Gasteiger partial charge is 0.120 e. The molecule has 2 aliphatic rings. The van der Waals surface area contributed by atoms with Gasteiger partial charge >= 0.3 is 0 Å². The molecule has 2 aliphatic carbocycles. The van der Waals surface area contributed by atoms with Gasteiger partial charge in [0, 0.05) is 17.2 Å². The Morgan fingerprint density at radius 2 is 1.05 bits per heavy atom. The third-order valence-electron chi connectivity index (χ3n) is 8.11. The molecule has 0 radical (unpaired) electrons. The Hall–Kier alpha value is -3.80. The van der Waals surface area contributed by atoms with Gasteiger partial charge in [-0.3, -0.25) is 0 Å². The molecule has 2 aromatic carbocycles. The van der Waals surface area contributed by atoms with Crippen LogP contribution < -0.4 is 0 Å². The minimum Gasteiger partial charge on any atom is -0.395 e. The number of pyridine rings is 2. The molecule has 2 aromatic heterocycles. The van der Waals surface area contributed by atoms with Gasteiger partial charge in [-0.2, -0.15) is 0 Å². The van der Waals surface area contributed by atoms with Crippen LogP contribution in [0, 0.1) is 13.8 Å². The second-order valence-corrected chi connectivity index (χ2v) is 10.7. The van der Waals surface area contributed by atoms with Crippen molar-refractivity contribution in [3.8, 4) is 0 Å². The van der Waals surface area contributed by atoms with Crippen molar-refractivity contribution in [3.05, 3.63) is 82.2 Å². The molecular weight excluding hydrogens is 484 g/mol. The summed E-state index contributed by atoms with van der Waals surface area (Å²) >= 11 is 0. The number of fused-ring (bicyclic) bond motifs is 4. The van der Waals surface area contributed by atoms with E-state index < -0.39 is 0 Å². The van der Waals surface area contributed by atoms with Crippen molar-refractivity contribution in [3.63, 3.8) is 0 Å². The Balaban J connectivity index is 1.10. The molecule has 0 unspecified atom stereocenters. The molecular formula is C33H36N4O2. The molecule has 6 heteroatoms. The van der Waals surface area contributed by atoms with Gasteiger partial charge in [-0.1, -0.05) is 46.7 Å². The molecule has 4 aromatic rings. The Labute approximate surface area is 230 Å². The Morgan fingerprint density at radius 1 is 0.615 bits per heavy atom. The Kier molecular flexibility index (Phi) is 7.53. The highest BCUT2D eigenvalue weighted by Gasteiger charge is 2.21. The van der Waals surface area contributed by atoms with Crippen molar-refractivity contribution in [2.24, 2.45) is 10.3 Å². The van der Waals surface area contributed by atoms with Crippen LogP contribution in [0.1, 0.15) is 78.6 Å². The van der Waals surface area contributed by atoms with E-state index in [0.29, 0.717) is 19.6 Å². The SMILES string of the molecule is Cc1c2c(nc3ccccc13)C(=NOCCCON=C1CCCCc3c1nc1ccccc1c3C)CCCC2. The van der Waals surface area contributed by atoms with E-state index in [4.69, 9.17) is 19.6 Å². The highest BCUT2D eigenvalue weighted by molar-refractivity contribution is 6.03. The molecule has 0 saturated carbocycles. The average molecular weight is 521 g/mol. The summed E-state index contributed by atoms with van der Waals surface area (Å²) in [6, 6.07) is 16.7. The van der Waals surface area contributed by atoms with Crippen LogP contribution >= 0.6 is 0 Å². The normalized spacial score (nSPS) is 17.6. The summed E-state index contributed by atoms with van der Waals surface area (Å²) in [5.41, 5.74) is 11.2. The van der Waals surface area contributed by atoms with E-state index in [-0.39, 0.29) is 0 Å². The number of benzene rings is 2. The average Bonchev–Trinajstić information content (AvgIpc) is 3.29. The van der Waals surface area contributed by atoms with Crippen molar-refractivity contribution in [1.29, 1.82) is 0 Å². The molecule has 0 aliphatic heterocycles. The minimum absolute atomic E-state index is 0.481. The number of aromatic nitrogens is 2. The van der Waals surface area contributed by atoms with Gasteiger partial charge in [0.2, 0.25) is 0 Å². The fourth-order valence-electron chi connectivity index (χ4n) is 5.96. The maximum atomic E-state index is 5.78. The lowest BCUT2D eigenvalue weighted by Crippen LogP contribution is -2.10. The number of oxime groups is 2. The minimum atomic E-state index is 0.481. The number of hydrogen-bond donors (Lipinski definition) is 0. The molecule has 200 valence electrons. The summed E-state index contributed by atoms with van der Waals surface area (Å²) < 4.78 is 0. The van der Waals surface area contributed by atoms with Crippen molar-refractivity contribution >= 4 is 33.2 Å². The highest BCUT2D eigenvalue weighted by Crippen LogP contribution is 2.30. The summed E-state index contributed by atoms with van der Waals surface area (Å²) in [6.07, 6.45) is 9.06. The van der Waals surface area contributed by atoms with Gasteiger partial charge in [0.15, 0.2) is 0 Å². The van der Waals surface area contributed by atoms with Gasteiger partial charge in [0.1, 0.15) is 24.6 Å². The van der Waals surface area contributed by atoms with Crippen molar-refractivity contribution < 1.29 is 9.68 Å². The maximum Gasteiger partial charge on any atom is 0.120 e. The summed E-state index contributed by atoms with van der Waals surface area (Å²) in [4.78, 5) is 21.5. The van der Waals surface area contributed by atoms with Crippen molar-refractivity contribution in [2.75, 3.05) is 13.2 Å². The number of nitrogens with zero attached hydrogens (tertiary/aromatic N) is 4. The van der Waals surface area contributed by atoms with E-state index in [1.807, 2.05) is 12.1 Å². The quantitative estimate of drug-likeness (QED) is 0.151. The first kappa shape index (κ1) is 25.5. The molecule has 0 N–H and O–H groups in total. The van der Waals surface area contributed by atoms with Gasteiger partial charge in [0.25, 0.3) is 0 Å². The Morgan fingerprint density at radius 3 is 1.54 bits per heavy atom. The second kappa shape index (κ2) is 11.5. The molecule has 2 heterocycles. The first-order valence-corrected chi connectivity index (χ1v) is 14.4. The van der Waals surface area contributed by atoms with Gasteiger partial charge in [-0.15, -0.1) is 0 Å². The summed E-state index contributed by atoms with van der Waals surface area (Å²) in [5.74, 6) is 0. The van der Waals surface area contributed by atoms with Gasteiger partial charge in [0.05, 0.1) is 22.4 Å².